The fraction of sp³-hybridized carbons (Fsp3) is 0.364. The van der Waals surface area contributed by atoms with Crippen LogP contribution in [0, 0.1) is 0 Å². The number of pyridine rings is 1. The lowest BCUT2D eigenvalue weighted by atomic mass is 10.3. The van der Waals surface area contributed by atoms with Crippen molar-refractivity contribution in [1.29, 1.82) is 0 Å². The Morgan fingerprint density at radius 3 is 2.50 bits per heavy atom. The molecule has 0 saturated carbocycles. The number of unbranched alkanes of at least 4 members (excludes halogenated alkanes) is 1. The van der Waals surface area contributed by atoms with Gasteiger partial charge in [-0.3, -0.25) is 0 Å². The minimum absolute atomic E-state index is 0.987. The number of rotatable bonds is 4. The molecule has 12 heavy (non-hydrogen) atoms. The van der Waals surface area contributed by atoms with E-state index in [9.17, 15) is 0 Å². The topological polar surface area (TPSA) is 3.88 Å². The Kier molecular flexibility index (Phi) is 4.14. The highest BCUT2D eigenvalue weighted by Crippen LogP contribution is 1.87. The minimum Gasteiger partial charge on any atom is -0.201 e. The van der Waals surface area contributed by atoms with Gasteiger partial charge in [-0.15, -0.1) is 0 Å². The van der Waals surface area contributed by atoms with Crippen molar-refractivity contribution >= 4 is 0 Å². The van der Waals surface area contributed by atoms with Crippen LogP contribution in [-0.4, -0.2) is 0 Å². The molecule has 0 unspecified atom stereocenters. The normalized spacial score (nSPS) is 10.8. The van der Waals surface area contributed by atoms with Crippen LogP contribution in [0.2, 0.25) is 0 Å². The maximum absolute atomic E-state index is 2.24. The second-order valence-corrected chi connectivity index (χ2v) is 2.83. The van der Waals surface area contributed by atoms with Gasteiger partial charge in [0.05, 0.1) is 0 Å². The van der Waals surface area contributed by atoms with Crippen LogP contribution >= 0.6 is 0 Å². The molecule has 0 amide bonds. The molecule has 0 saturated heterocycles. The molecule has 1 heterocycles. The summed E-state index contributed by atoms with van der Waals surface area (Å²) in [6, 6.07) is 6.13. The smallest absolute Gasteiger partial charge is 0.169 e. The molecule has 1 heteroatoms. The molecule has 0 aliphatic heterocycles. The number of allylic oxidation sites excluding steroid dienone is 2. The second kappa shape index (κ2) is 5.53. The van der Waals surface area contributed by atoms with Crippen molar-refractivity contribution in [2.45, 2.75) is 26.3 Å². The Morgan fingerprint density at radius 2 is 1.83 bits per heavy atom. The van der Waals surface area contributed by atoms with Gasteiger partial charge in [-0.25, -0.2) is 4.57 Å². The summed E-state index contributed by atoms with van der Waals surface area (Å²) in [6.07, 6.45) is 11.0. The van der Waals surface area contributed by atoms with Gasteiger partial charge >= 0.3 is 0 Å². The molecule has 0 aliphatic rings. The third-order valence-electron chi connectivity index (χ3n) is 1.72. The zero-order valence-electron chi connectivity index (χ0n) is 7.61. The Balaban J connectivity index is 2.33. The van der Waals surface area contributed by atoms with Crippen molar-refractivity contribution in [2.75, 3.05) is 0 Å². The van der Waals surface area contributed by atoms with Crippen LogP contribution < -0.4 is 4.57 Å². The monoisotopic (exact) mass is 162 g/mol. The summed E-state index contributed by atoms with van der Waals surface area (Å²) in [5, 5.41) is 0. The molecular formula is C11H16N+. The molecule has 0 aliphatic carbocycles. The maximum Gasteiger partial charge on any atom is 0.169 e. The van der Waals surface area contributed by atoms with Crippen molar-refractivity contribution in [1.82, 2.24) is 0 Å². The van der Waals surface area contributed by atoms with E-state index >= 15 is 0 Å². The Bertz CT molecular complexity index is 226. The molecule has 0 bridgehead atoms. The Hall–Kier alpha value is -1.11. The lowest BCUT2D eigenvalue weighted by Crippen LogP contribution is -2.30. The van der Waals surface area contributed by atoms with Gasteiger partial charge in [-0.2, -0.15) is 0 Å². The van der Waals surface area contributed by atoms with Crippen molar-refractivity contribution in [3.05, 3.63) is 42.7 Å². The van der Waals surface area contributed by atoms with Crippen molar-refractivity contribution in [2.24, 2.45) is 0 Å². The van der Waals surface area contributed by atoms with Crippen LogP contribution in [0.3, 0.4) is 0 Å². The number of hydrogen-bond donors (Lipinski definition) is 0. The second-order valence-electron chi connectivity index (χ2n) is 2.83. The van der Waals surface area contributed by atoms with E-state index in [0.717, 1.165) is 6.54 Å². The molecule has 0 fully saturated rings. The molecule has 64 valence electrons. The predicted octanol–water partition coefficient (Wildman–Crippen LogP) is 2.33. The fourth-order valence-electron chi connectivity index (χ4n) is 1.04. The maximum atomic E-state index is 2.24. The number of hydrogen-bond acceptors (Lipinski definition) is 0. The largest absolute Gasteiger partial charge is 0.201 e. The fourth-order valence-corrected chi connectivity index (χ4v) is 1.04. The van der Waals surface area contributed by atoms with Gasteiger partial charge in [-0.05, 0) is 12.5 Å². The highest BCUT2D eigenvalue weighted by atomic mass is 14.9. The molecule has 1 aromatic heterocycles. The van der Waals surface area contributed by atoms with Gasteiger partial charge in [0.15, 0.2) is 18.9 Å². The Labute approximate surface area is 74.4 Å². The van der Waals surface area contributed by atoms with Gasteiger partial charge in [-0.1, -0.05) is 25.5 Å². The van der Waals surface area contributed by atoms with Crippen LogP contribution in [0.5, 0.6) is 0 Å². The minimum atomic E-state index is 0.987. The first kappa shape index (κ1) is 8.98. The highest BCUT2D eigenvalue weighted by Gasteiger charge is 1.90. The molecule has 1 aromatic rings. The zero-order chi connectivity index (χ0) is 8.65. The summed E-state index contributed by atoms with van der Waals surface area (Å²) in [6.45, 7) is 3.18. The third-order valence-corrected chi connectivity index (χ3v) is 1.72. The first-order valence-corrected chi connectivity index (χ1v) is 4.52. The van der Waals surface area contributed by atoms with Crippen LogP contribution in [0.1, 0.15) is 19.8 Å². The predicted molar refractivity (Wildman–Crippen MR) is 50.7 cm³/mol. The van der Waals surface area contributed by atoms with Gasteiger partial charge in [0.25, 0.3) is 0 Å². The van der Waals surface area contributed by atoms with Crippen molar-refractivity contribution < 1.29 is 4.57 Å². The quantitative estimate of drug-likeness (QED) is 0.472. The standard InChI is InChI=1S/C11H16N/c1-2-3-4-6-9-12-10-7-5-8-11-12/h4-8,10-11H,2-3,9H2,1H3/q+1. The van der Waals surface area contributed by atoms with Crippen LogP contribution in [0.15, 0.2) is 42.7 Å². The van der Waals surface area contributed by atoms with E-state index < -0.39 is 0 Å². The molecule has 0 aromatic carbocycles. The van der Waals surface area contributed by atoms with E-state index in [2.05, 4.69) is 36.0 Å². The van der Waals surface area contributed by atoms with E-state index in [1.807, 2.05) is 18.2 Å². The summed E-state index contributed by atoms with van der Waals surface area (Å²) >= 11 is 0. The van der Waals surface area contributed by atoms with E-state index in [1.54, 1.807) is 0 Å². The number of aromatic nitrogens is 1. The molecule has 1 rings (SSSR count). The zero-order valence-corrected chi connectivity index (χ0v) is 7.61. The van der Waals surface area contributed by atoms with Gasteiger partial charge in [0.2, 0.25) is 0 Å². The Morgan fingerprint density at radius 1 is 1.08 bits per heavy atom. The average Bonchev–Trinajstić information content (AvgIpc) is 2.14. The molecule has 0 atom stereocenters. The summed E-state index contributed by atoms with van der Waals surface area (Å²) in [4.78, 5) is 0. The van der Waals surface area contributed by atoms with Crippen LogP contribution in [0.25, 0.3) is 0 Å². The third kappa shape index (κ3) is 3.33. The number of nitrogens with zero attached hydrogens (tertiary/aromatic N) is 1. The van der Waals surface area contributed by atoms with Gasteiger partial charge in [0.1, 0.15) is 0 Å². The van der Waals surface area contributed by atoms with Crippen LogP contribution in [0.4, 0.5) is 0 Å². The van der Waals surface area contributed by atoms with Crippen molar-refractivity contribution in [3.8, 4) is 0 Å². The molecule has 0 N–H and O–H groups in total. The van der Waals surface area contributed by atoms with Gasteiger partial charge in [0, 0.05) is 12.1 Å². The molecule has 0 spiro atoms. The average molecular weight is 162 g/mol. The van der Waals surface area contributed by atoms with Crippen molar-refractivity contribution in [3.63, 3.8) is 0 Å². The van der Waals surface area contributed by atoms with E-state index in [0.29, 0.717) is 0 Å². The first-order chi connectivity index (χ1) is 5.93. The van der Waals surface area contributed by atoms with Crippen LogP contribution in [-0.2, 0) is 6.54 Å². The van der Waals surface area contributed by atoms with Gasteiger partial charge < -0.3 is 0 Å². The molecule has 1 nitrogen and oxygen atoms in total. The van der Waals surface area contributed by atoms with E-state index in [-0.39, 0.29) is 0 Å². The highest BCUT2D eigenvalue weighted by molar-refractivity contribution is 4.84. The first-order valence-electron chi connectivity index (χ1n) is 4.52. The SMILES string of the molecule is CCCC=CC[n+]1ccccc1. The van der Waals surface area contributed by atoms with E-state index in [1.165, 1.54) is 12.8 Å². The summed E-state index contributed by atoms with van der Waals surface area (Å²) in [5.41, 5.74) is 0. The molecule has 0 radical (unpaired) electrons. The summed E-state index contributed by atoms with van der Waals surface area (Å²) in [5.74, 6) is 0. The lowest BCUT2D eigenvalue weighted by molar-refractivity contribution is -0.687. The lowest BCUT2D eigenvalue weighted by Gasteiger charge is -1.88. The van der Waals surface area contributed by atoms with E-state index in [4.69, 9.17) is 0 Å². The summed E-state index contributed by atoms with van der Waals surface area (Å²) in [7, 11) is 0. The summed E-state index contributed by atoms with van der Waals surface area (Å²) < 4.78 is 2.16. The molecular weight excluding hydrogens is 146 g/mol.